The topological polar surface area (TPSA) is 44.8 Å². The first kappa shape index (κ1) is 14.5. The number of phosphoric ester groups is 1. The predicted molar refractivity (Wildman–Crippen MR) is 51.9 cm³/mol. The van der Waals surface area contributed by atoms with E-state index in [-0.39, 0.29) is 13.2 Å². The number of phosphoric acid groups is 1. The maximum absolute atomic E-state index is 11.8. The average molecular weight is 242 g/mol. The molecule has 0 amide bonds. The first-order valence-corrected chi connectivity index (χ1v) is 5.53. The molecule has 0 aliphatic heterocycles. The molecule has 0 aromatic rings. The molecular formula is C8H13F2O4P. The van der Waals surface area contributed by atoms with Crippen molar-refractivity contribution in [2.75, 3.05) is 19.8 Å². The standard InChI is InChI=1S/C8H13F2O4P/c1-3-5-12-15(11,13-6-4-2)14-7-8(9)10/h3-4,8H,1-2,5-7H2. The monoisotopic (exact) mass is 242 g/mol. The fourth-order valence-electron chi connectivity index (χ4n) is 0.547. The minimum absolute atomic E-state index is 0.113. The zero-order valence-corrected chi connectivity index (χ0v) is 9.00. The van der Waals surface area contributed by atoms with Gasteiger partial charge in [-0.15, -0.1) is 13.2 Å². The molecular weight excluding hydrogens is 229 g/mol. The smallest absolute Gasteiger partial charge is 0.283 e. The molecule has 0 aromatic carbocycles. The van der Waals surface area contributed by atoms with Gasteiger partial charge in [0.25, 0.3) is 6.43 Å². The molecule has 0 fully saturated rings. The van der Waals surface area contributed by atoms with Crippen LogP contribution in [0.2, 0.25) is 0 Å². The van der Waals surface area contributed by atoms with Crippen LogP contribution in [0.1, 0.15) is 0 Å². The number of alkyl halides is 2. The van der Waals surface area contributed by atoms with Gasteiger partial charge in [0.1, 0.15) is 6.61 Å². The minimum Gasteiger partial charge on any atom is -0.283 e. The predicted octanol–water partition coefficient (Wildman–Crippen LogP) is 2.78. The molecule has 0 aromatic heterocycles. The van der Waals surface area contributed by atoms with Crippen molar-refractivity contribution in [3.63, 3.8) is 0 Å². The number of halogens is 2. The van der Waals surface area contributed by atoms with Crippen LogP contribution in [0.3, 0.4) is 0 Å². The highest BCUT2D eigenvalue weighted by molar-refractivity contribution is 7.48. The molecule has 0 bridgehead atoms. The lowest BCUT2D eigenvalue weighted by molar-refractivity contribution is 0.0483. The molecule has 7 heteroatoms. The van der Waals surface area contributed by atoms with Crippen molar-refractivity contribution in [2.45, 2.75) is 6.43 Å². The van der Waals surface area contributed by atoms with E-state index in [0.717, 1.165) is 0 Å². The third kappa shape index (κ3) is 7.39. The molecule has 0 saturated heterocycles. The molecule has 0 unspecified atom stereocenters. The Morgan fingerprint density at radius 3 is 1.93 bits per heavy atom. The van der Waals surface area contributed by atoms with E-state index in [4.69, 9.17) is 0 Å². The number of rotatable bonds is 9. The zero-order chi connectivity index (χ0) is 11.7. The Hall–Kier alpha value is -0.550. The van der Waals surface area contributed by atoms with E-state index in [9.17, 15) is 13.3 Å². The number of hydrogen-bond acceptors (Lipinski definition) is 4. The molecule has 0 spiro atoms. The second-order valence-electron chi connectivity index (χ2n) is 2.30. The maximum atomic E-state index is 11.8. The second-order valence-corrected chi connectivity index (χ2v) is 3.97. The largest absolute Gasteiger partial charge is 0.475 e. The molecule has 4 nitrogen and oxygen atoms in total. The van der Waals surface area contributed by atoms with Crippen LogP contribution in [-0.2, 0) is 18.1 Å². The molecule has 0 heterocycles. The van der Waals surface area contributed by atoms with Gasteiger partial charge >= 0.3 is 7.82 Å². The highest BCUT2D eigenvalue weighted by Crippen LogP contribution is 2.49. The molecule has 0 radical (unpaired) electrons. The Bertz CT molecular complexity index is 229. The van der Waals surface area contributed by atoms with E-state index in [1.807, 2.05) is 0 Å². The van der Waals surface area contributed by atoms with E-state index in [0.29, 0.717) is 0 Å². The summed E-state index contributed by atoms with van der Waals surface area (Å²) in [7, 11) is -3.93. The first-order valence-electron chi connectivity index (χ1n) is 4.07. The van der Waals surface area contributed by atoms with Gasteiger partial charge in [-0.2, -0.15) is 0 Å². The van der Waals surface area contributed by atoms with E-state index in [2.05, 4.69) is 26.7 Å². The second kappa shape index (κ2) is 7.70. The van der Waals surface area contributed by atoms with Crippen LogP contribution in [0.25, 0.3) is 0 Å². The van der Waals surface area contributed by atoms with Gasteiger partial charge in [-0.25, -0.2) is 13.3 Å². The summed E-state index contributed by atoms with van der Waals surface area (Å²) in [6.45, 7) is 5.39. The summed E-state index contributed by atoms with van der Waals surface area (Å²) in [6.07, 6.45) is -0.135. The van der Waals surface area contributed by atoms with Crippen molar-refractivity contribution in [1.82, 2.24) is 0 Å². The molecule has 0 aliphatic carbocycles. The average Bonchev–Trinajstić information content (AvgIpc) is 2.21. The van der Waals surface area contributed by atoms with Crippen molar-refractivity contribution in [2.24, 2.45) is 0 Å². The summed E-state index contributed by atoms with van der Waals surface area (Å²) in [6, 6.07) is 0. The van der Waals surface area contributed by atoms with Gasteiger partial charge in [-0.3, -0.25) is 13.6 Å². The van der Waals surface area contributed by atoms with Gasteiger partial charge in [0.15, 0.2) is 0 Å². The lowest BCUT2D eigenvalue weighted by Gasteiger charge is -2.15. The van der Waals surface area contributed by atoms with Crippen LogP contribution < -0.4 is 0 Å². The van der Waals surface area contributed by atoms with E-state index < -0.39 is 20.9 Å². The quantitative estimate of drug-likeness (QED) is 0.460. The van der Waals surface area contributed by atoms with Crippen LogP contribution in [0.15, 0.2) is 25.3 Å². The Balaban J connectivity index is 4.19. The lowest BCUT2D eigenvalue weighted by Crippen LogP contribution is -2.07. The number of hydrogen-bond donors (Lipinski definition) is 0. The van der Waals surface area contributed by atoms with E-state index in [1.165, 1.54) is 12.2 Å². The summed E-state index contributed by atoms with van der Waals surface area (Å²) in [5, 5.41) is 0. The van der Waals surface area contributed by atoms with Gasteiger partial charge in [0, 0.05) is 0 Å². The summed E-state index contributed by atoms with van der Waals surface area (Å²) < 4.78 is 48.8. The normalized spacial score (nSPS) is 11.7. The van der Waals surface area contributed by atoms with Crippen LogP contribution >= 0.6 is 7.82 Å². The van der Waals surface area contributed by atoms with Crippen molar-refractivity contribution in [3.05, 3.63) is 25.3 Å². The van der Waals surface area contributed by atoms with Crippen LogP contribution in [-0.4, -0.2) is 26.2 Å². The zero-order valence-electron chi connectivity index (χ0n) is 8.10. The van der Waals surface area contributed by atoms with E-state index >= 15 is 0 Å². The highest BCUT2D eigenvalue weighted by atomic mass is 31.2. The van der Waals surface area contributed by atoms with Crippen molar-refractivity contribution in [1.29, 1.82) is 0 Å². The summed E-state index contributed by atoms with van der Waals surface area (Å²) >= 11 is 0. The highest BCUT2D eigenvalue weighted by Gasteiger charge is 2.27. The summed E-state index contributed by atoms with van der Waals surface area (Å²) in [5.74, 6) is 0. The molecule has 0 rings (SSSR count). The van der Waals surface area contributed by atoms with Crippen molar-refractivity contribution in [3.8, 4) is 0 Å². The molecule has 0 saturated carbocycles. The third-order valence-electron chi connectivity index (χ3n) is 1.06. The Kier molecular flexibility index (Phi) is 7.42. The fourth-order valence-corrected chi connectivity index (χ4v) is 1.64. The Labute approximate surface area is 87.1 Å². The molecule has 88 valence electrons. The molecule has 0 N–H and O–H groups in total. The van der Waals surface area contributed by atoms with Crippen molar-refractivity contribution >= 4 is 7.82 Å². The van der Waals surface area contributed by atoms with Crippen LogP contribution in [0.4, 0.5) is 8.78 Å². The van der Waals surface area contributed by atoms with Gasteiger partial charge in [-0.05, 0) is 0 Å². The SMILES string of the molecule is C=CCOP(=O)(OCC=C)OCC(F)F. The van der Waals surface area contributed by atoms with Crippen molar-refractivity contribution < 1.29 is 26.9 Å². The van der Waals surface area contributed by atoms with Crippen LogP contribution in [0.5, 0.6) is 0 Å². The Morgan fingerprint density at radius 1 is 1.13 bits per heavy atom. The molecule has 15 heavy (non-hydrogen) atoms. The summed E-state index contributed by atoms with van der Waals surface area (Å²) in [5.41, 5.74) is 0. The maximum Gasteiger partial charge on any atom is 0.475 e. The van der Waals surface area contributed by atoms with Crippen LogP contribution in [0, 0.1) is 0 Å². The molecule has 0 atom stereocenters. The first-order chi connectivity index (χ1) is 7.04. The Morgan fingerprint density at radius 2 is 1.60 bits per heavy atom. The third-order valence-corrected chi connectivity index (χ3v) is 2.46. The molecule has 0 aliphatic rings. The van der Waals surface area contributed by atoms with Gasteiger partial charge < -0.3 is 0 Å². The van der Waals surface area contributed by atoms with Gasteiger partial charge in [0.05, 0.1) is 13.2 Å². The van der Waals surface area contributed by atoms with Gasteiger partial charge in [0.2, 0.25) is 0 Å². The lowest BCUT2D eigenvalue weighted by atomic mass is 10.7. The minimum atomic E-state index is -3.93. The summed E-state index contributed by atoms with van der Waals surface area (Å²) in [4.78, 5) is 0. The van der Waals surface area contributed by atoms with E-state index in [1.54, 1.807) is 0 Å². The van der Waals surface area contributed by atoms with Gasteiger partial charge in [-0.1, -0.05) is 12.2 Å². The fraction of sp³-hybridized carbons (Fsp3) is 0.500.